The number of esters is 2. The molecule has 1 aliphatic rings. The molecule has 0 aromatic carbocycles. The van der Waals surface area contributed by atoms with Crippen molar-refractivity contribution in [3.63, 3.8) is 0 Å². The number of nitrogens with one attached hydrogen (secondary N) is 1. The second-order valence-corrected chi connectivity index (χ2v) is 17.8. The van der Waals surface area contributed by atoms with Crippen molar-refractivity contribution in [2.45, 2.75) is 226 Å². The lowest BCUT2D eigenvalue weighted by atomic mass is 9.81. The molecule has 0 radical (unpaired) electrons. The Balaban J connectivity index is 1.63. The van der Waals surface area contributed by atoms with Crippen molar-refractivity contribution in [1.82, 2.24) is 5.32 Å². The minimum atomic E-state index is -0.609. The quantitative estimate of drug-likeness (QED) is 0.0399. The molecule has 0 amide bonds. The Morgan fingerprint density at radius 2 is 0.820 bits per heavy atom. The van der Waals surface area contributed by atoms with Crippen LogP contribution < -0.4 is 9.88 Å². The summed E-state index contributed by atoms with van der Waals surface area (Å²) in [6.07, 6.45) is 42.7. The smallest absolute Gasteiger partial charge is 0.336 e. The van der Waals surface area contributed by atoms with Gasteiger partial charge < -0.3 is 24.3 Å². The molecule has 8 nitrogen and oxygen atoms in total. The number of unbranched alkanes of at least 4 members (excludes halogenated alkanes) is 26. The minimum Gasteiger partial charge on any atom is -0.462 e. The summed E-state index contributed by atoms with van der Waals surface area (Å²) in [5.41, 5.74) is 3.06. The van der Waals surface area contributed by atoms with Crippen LogP contribution in [0.4, 0.5) is 0 Å². The van der Waals surface area contributed by atoms with E-state index in [2.05, 4.69) is 19.2 Å². The summed E-state index contributed by atoms with van der Waals surface area (Å²) in [4.78, 5) is 27.4. The largest absolute Gasteiger partial charge is 0.462 e. The number of dihydropyridines is 1. The van der Waals surface area contributed by atoms with Gasteiger partial charge in [0.05, 0.1) is 30.3 Å². The third-order valence-electron chi connectivity index (χ3n) is 12.1. The van der Waals surface area contributed by atoms with Gasteiger partial charge in [-0.25, -0.2) is 14.2 Å². The molecule has 8 heteroatoms. The zero-order chi connectivity index (χ0) is 44.0. The van der Waals surface area contributed by atoms with Crippen molar-refractivity contribution in [3.8, 4) is 0 Å². The zero-order valence-corrected chi connectivity index (χ0v) is 40.2. The van der Waals surface area contributed by atoms with E-state index in [0.29, 0.717) is 48.6 Å². The molecule has 1 aliphatic heterocycles. The predicted octanol–water partition coefficient (Wildman–Crippen LogP) is 13.6. The van der Waals surface area contributed by atoms with E-state index in [4.69, 9.17) is 18.9 Å². The third-order valence-corrected chi connectivity index (χ3v) is 12.1. The van der Waals surface area contributed by atoms with E-state index in [0.717, 1.165) is 31.6 Å². The lowest BCUT2D eigenvalue weighted by Crippen LogP contribution is -2.34. The van der Waals surface area contributed by atoms with Crippen LogP contribution in [0, 0.1) is 0 Å². The Bertz CT molecular complexity index is 1250. The van der Waals surface area contributed by atoms with Crippen molar-refractivity contribution in [3.05, 3.63) is 52.6 Å². The van der Waals surface area contributed by atoms with Gasteiger partial charge in [-0.1, -0.05) is 181 Å². The van der Waals surface area contributed by atoms with Crippen LogP contribution in [-0.2, 0) is 35.6 Å². The first-order chi connectivity index (χ1) is 29.9. The van der Waals surface area contributed by atoms with Gasteiger partial charge in [-0.2, -0.15) is 0 Å². The van der Waals surface area contributed by atoms with Gasteiger partial charge in [0.25, 0.3) is 0 Å². The average molecular weight is 854 g/mol. The summed E-state index contributed by atoms with van der Waals surface area (Å²) in [5.74, 6) is -1.46. The van der Waals surface area contributed by atoms with E-state index < -0.39 is 17.9 Å². The number of hydrogen-bond donors (Lipinski definition) is 1. The summed E-state index contributed by atoms with van der Waals surface area (Å²) < 4.78 is 25.3. The van der Waals surface area contributed by atoms with Gasteiger partial charge in [-0.3, -0.25) is 0 Å². The van der Waals surface area contributed by atoms with E-state index in [-0.39, 0.29) is 13.2 Å². The maximum Gasteiger partial charge on any atom is 0.336 e. The SMILES string of the molecule is CCCCCCCCCCCCCCCCOCCCOC(=O)C1=C(C)NC(C)=C(C(=O)OCCCOCCCCCCCCCCCCCCCC)C1c1ccc[n+](C)c1. The lowest BCUT2D eigenvalue weighted by Gasteiger charge is -2.30. The fourth-order valence-electron chi connectivity index (χ4n) is 8.46. The monoisotopic (exact) mass is 854 g/mol. The third kappa shape index (κ3) is 26.5. The van der Waals surface area contributed by atoms with Gasteiger partial charge >= 0.3 is 11.9 Å². The number of hydrogen-bond acceptors (Lipinski definition) is 7. The average Bonchev–Trinajstić information content (AvgIpc) is 3.24. The van der Waals surface area contributed by atoms with E-state index in [1.807, 2.05) is 50.0 Å². The number of carbonyl (C=O) groups excluding carboxylic acids is 2. The molecule has 61 heavy (non-hydrogen) atoms. The van der Waals surface area contributed by atoms with Crippen LogP contribution in [0.25, 0.3) is 0 Å². The molecule has 0 atom stereocenters. The van der Waals surface area contributed by atoms with Crippen molar-refractivity contribution < 1.29 is 33.1 Å². The van der Waals surface area contributed by atoms with Gasteiger partial charge in [0.15, 0.2) is 12.4 Å². The number of nitrogens with zero attached hydrogens (tertiary/aromatic N) is 1. The second-order valence-electron chi connectivity index (χ2n) is 17.8. The Kier molecular flexibility index (Phi) is 33.7. The molecule has 1 aromatic rings. The van der Waals surface area contributed by atoms with Crippen molar-refractivity contribution >= 4 is 11.9 Å². The van der Waals surface area contributed by atoms with Crippen LogP contribution in [-0.4, -0.2) is 51.6 Å². The number of rotatable bonds is 41. The van der Waals surface area contributed by atoms with Crippen LogP contribution in [0.2, 0.25) is 0 Å². The summed E-state index contributed by atoms with van der Waals surface area (Å²) in [6.45, 7) is 11.4. The van der Waals surface area contributed by atoms with E-state index in [1.54, 1.807) is 0 Å². The molecule has 0 saturated carbocycles. The van der Waals surface area contributed by atoms with E-state index in [1.165, 1.54) is 167 Å². The number of aryl methyl sites for hydroxylation is 1. The highest BCUT2D eigenvalue weighted by Gasteiger charge is 2.39. The fourth-order valence-corrected chi connectivity index (χ4v) is 8.46. The lowest BCUT2D eigenvalue weighted by molar-refractivity contribution is -0.671. The molecule has 0 fully saturated rings. The molecule has 350 valence electrons. The molecular weight excluding hydrogens is 761 g/mol. The fraction of sp³-hybridized carbons (Fsp3) is 0.792. The first-order valence-corrected chi connectivity index (χ1v) is 25.5. The van der Waals surface area contributed by atoms with Crippen molar-refractivity contribution in [2.75, 3.05) is 39.6 Å². The first kappa shape index (κ1) is 54.4. The topological polar surface area (TPSA) is 87.0 Å². The predicted molar refractivity (Wildman–Crippen MR) is 252 cm³/mol. The molecule has 1 N–H and O–H groups in total. The highest BCUT2D eigenvalue weighted by molar-refractivity contribution is 5.99. The summed E-state index contributed by atoms with van der Waals surface area (Å²) in [6, 6.07) is 3.88. The van der Waals surface area contributed by atoms with E-state index >= 15 is 0 Å². The number of aromatic nitrogens is 1. The summed E-state index contributed by atoms with van der Waals surface area (Å²) in [5, 5.41) is 3.28. The van der Waals surface area contributed by atoms with Crippen LogP contribution in [0.5, 0.6) is 0 Å². The van der Waals surface area contributed by atoms with Gasteiger partial charge in [-0.15, -0.1) is 0 Å². The van der Waals surface area contributed by atoms with Crippen molar-refractivity contribution in [1.29, 1.82) is 0 Å². The van der Waals surface area contributed by atoms with Gasteiger partial charge in [-0.05, 0) is 32.8 Å². The van der Waals surface area contributed by atoms with Crippen LogP contribution in [0.3, 0.4) is 0 Å². The van der Waals surface area contributed by atoms with Crippen LogP contribution in [0.15, 0.2) is 47.1 Å². The minimum absolute atomic E-state index is 0.255. The Labute approximate surface area is 374 Å². The first-order valence-electron chi connectivity index (χ1n) is 25.5. The van der Waals surface area contributed by atoms with Gasteiger partial charge in [0.2, 0.25) is 0 Å². The Morgan fingerprint density at radius 3 is 1.16 bits per heavy atom. The Morgan fingerprint density at radius 1 is 0.492 bits per heavy atom. The second kappa shape index (κ2) is 37.8. The molecule has 1 aromatic heterocycles. The Hall–Kier alpha value is -2.71. The summed E-state index contributed by atoms with van der Waals surface area (Å²) in [7, 11) is 1.94. The molecule has 0 saturated heterocycles. The maximum absolute atomic E-state index is 13.7. The van der Waals surface area contributed by atoms with Gasteiger partial charge in [0.1, 0.15) is 7.05 Å². The van der Waals surface area contributed by atoms with Gasteiger partial charge in [0, 0.05) is 62.3 Å². The normalized spacial score (nSPS) is 13.3. The number of pyridine rings is 1. The molecule has 0 bridgehead atoms. The van der Waals surface area contributed by atoms with E-state index in [9.17, 15) is 9.59 Å². The molecule has 0 spiro atoms. The molecule has 0 aliphatic carbocycles. The molecule has 0 unspecified atom stereocenters. The molecule has 2 heterocycles. The molecule has 2 rings (SSSR count). The molecular formula is C53H93N2O6+. The number of carbonyl (C=O) groups is 2. The number of allylic oxidation sites excluding steroid dienone is 2. The maximum atomic E-state index is 13.7. The van der Waals surface area contributed by atoms with Crippen LogP contribution in [0.1, 0.15) is 232 Å². The zero-order valence-electron chi connectivity index (χ0n) is 40.2. The summed E-state index contributed by atoms with van der Waals surface area (Å²) >= 11 is 0. The highest BCUT2D eigenvalue weighted by Crippen LogP contribution is 2.39. The highest BCUT2D eigenvalue weighted by atomic mass is 16.5. The van der Waals surface area contributed by atoms with Crippen LogP contribution >= 0.6 is 0 Å². The number of ether oxygens (including phenoxy) is 4. The van der Waals surface area contributed by atoms with Crippen molar-refractivity contribution in [2.24, 2.45) is 7.05 Å². The standard InChI is InChI=1S/C53H92N2O6/c1-6-8-10-12-14-16-18-20-22-24-26-28-30-32-39-58-41-35-43-60-52(56)49-46(3)54-47(4)50(51(49)48-37-34-38-55(5)45-48)53(57)61-44-36-42-59-40-33-31-29-27-25-23-21-19-17-15-13-11-9-7-2/h34,37-38,45,51H,6-33,35-36,39-44H2,1-5H3/p+1.